The number of imidazole rings is 1. The van der Waals surface area contributed by atoms with Crippen molar-refractivity contribution in [2.75, 3.05) is 0 Å². The molecule has 0 saturated carbocycles. The number of carbonyl (C=O) groups is 1. The van der Waals surface area contributed by atoms with E-state index in [-0.39, 0.29) is 12.0 Å². The number of nitrogens with zero attached hydrogens (tertiary/aromatic N) is 2. The van der Waals surface area contributed by atoms with E-state index in [4.69, 9.17) is 10.5 Å². The van der Waals surface area contributed by atoms with Gasteiger partial charge in [-0.05, 0) is 41.5 Å². The number of hydrogen-bond donors (Lipinski definition) is 1. The smallest absolute Gasteiger partial charge is 0.325 e. The Hall–Kier alpha value is -1.36. The van der Waals surface area contributed by atoms with Crippen LogP contribution < -0.4 is 5.73 Å². The van der Waals surface area contributed by atoms with Crippen molar-refractivity contribution in [3.05, 3.63) is 17.7 Å². The monoisotopic (exact) mass is 253 g/mol. The van der Waals surface area contributed by atoms with Gasteiger partial charge in [-0.25, -0.2) is 4.98 Å². The van der Waals surface area contributed by atoms with Crippen LogP contribution in [0.25, 0.3) is 0 Å². The number of nitrogens with two attached hydrogens (primary N) is 1. The summed E-state index contributed by atoms with van der Waals surface area (Å²) in [5, 5.41) is 0. The number of rotatable bonds is 3. The number of esters is 1. The molecule has 1 aromatic heterocycles. The fraction of sp³-hybridized carbons (Fsp3) is 0.692. The predicted octanol–water partition coefficient (Wildman–Crippen LogP) is 1.73. The van der Waals surface area contributed by atoms with E-state index in [1.807, 2.05) is 46.1 Å². The maximum absolute atomic E-state index is 11.9. The van der Waals surface area contributed by atoms with Gasteiger partial charge in [0.25, 0.3) is 0 Å². The molecule has 0 aliphatic heterocycles. The molecule has 2 N–H and O–H groups in total. The first-order valence-electron chi connectivity index (χ1n) is 6.12. The van der Waals surface area contributed by atoms with Crippen LogP contribution in [-0.2, 0) is 9.53 Å². The summed E-state index contributed by atoms with van der Waals surface area (Å²) >= 11 is 0. The van der Waals surface area contributed by atoms with Crippen LogP contribution in [-0.4, -0.2) is 27.2 Å². The first-order valence-corrected chi connectivity index (χ1v) is 6.12. The van der Waals surface area contributed by atoms with Crippen LogP contribution in [0.1, 0.15) is 45.1 Å². The molecule has 5 heteroatoms. The second-order valence-electron chi connectivity index (χ2n) is 5.62. The highest BCUT2D eigenvalue weighted by Gasteiger charge is 2.28. The Morgan fingerprint density at radius 1 is 1.44 bits per heavy atom. The zero-order chi connectivity index (χ0) is 14.1. The third-order valence-corrected chi connectivity index (χ3v) is 2.92. The van der Waals surface area contributed by atoms with E-state index in [0.29, 0.717) is 0 Å². The lowest BCUT2D eigenvalue weighted by molar-refractivity contribution is -0.157. The Kier molecular flexibility index (Phi) is 4.16. The zero-order valence-electron chi connectivity index (χ0n) is 12.0. The lowest BCUT2D eigenvalue weighted by atomic mass is 10.1. The van der Waals surface area contributed by atoms with Crippen molar-refractivity contribution in [1.82, 2.24) is 9.55 Å². The van der Waals surface area contributed by atoms with Gasteiger partial charge in [-0.3, -0.25) is 4.79 Å². The Morgan fingerprint density at radius 3 is 2.39 bits per heavy atom. The molecule has 1 rings (SSSR count). The summed E-state index contributed by atoms with van der Waals surface area (Å²) in [6, 6.07) is -0.877. The van der Waals surface area contributed by atoms with Crippen LogP contribution in [0, 0.1) is 13.8 Å². The molecule has 0 radical (unpaired) electrons. The Bertz CT molecular complexity index is 432. The van der Waals surface area contributed by atoms with E-state index >= 15 is 0 Å². The summed E-state index contributed by atoms with van der Waals surface area (Å²) in [7, 11) is 0. The zero-order valence-corrected chi connectivity index (χ0v) is 12.0. The van der Waals surface area contributed by atoms with Crippen molar-refractivity contribution >= 4 is 5.97 Å². The number of aryl methyl sites for hydroxylation is 1. The second-order valence-corrected chi connectivity index (χ2v) is 5.62. The van der Waals surface area contributed by atoms with Gasteiger partial charge in [-0.2, -0.15) is 0 Å². The average Bonchev–Trinajstić information content (AvgIpc) is 2.55. The van der Waals surface area contributed by atoms with Crippen LogP contribution in [0.4, 0.5) is 0 Å². The third-order valence-electron chi connectivity index (χ3n) is 2.92. The fourth-order valence-corrected chi connectivity index (χ4v) is 1.67. The van der Waals surface area contributed by atoms with Crippen molar-refractivity contribution in [3.63, 3.8) is 0 Å². The molecule has 0 fully saturated rings. The molecule has 0 bridgehead atoms. The van der Waals surface area contributed by atoms with Gasteiger partial charge in [-0.1, -0.05) is 0 Å². The molecule has 0 amide bonds. The quantitative estimate of drug-likeness (QED) is 0.833. The van der Waals surface area contributed by atoms with Crippen molar-refractivity contribution in [3.8, 4) is 0 Å². The number of hydrogen-bond acceptors (Lipinski definition) is 4. The lowest BCUT2D eigenvalue weighted by Gasteiger charge is -2.26. The Balaban J connectivity index is 2.81. The molecule has 5 nitrogen and oxygen atoms in total. The molecule has 102 valence electrons. The minimum absolute atomic E-state index is 0.180. The van der Waals surface area contributed by atoms with Gasteiger partial charge in [-0.15, -0.1) is 0 Å². The third kappa shape index (κ3) is 3.32. The van der Waals surface area contributed by atoms with E-state index in [9.17, 15) is 4.79 Å². The summed E-state index contributed by atoms with van der Waals surface area (Å²) in [4.78, 5) is 16.1. The van der Waals surface area contributed by atoms with Gasteiger partial charge in [0.1, 0.15) is 11.6 Å². The van der Waals surface area contributed by atoms with Gasteiger partial charge in [0, 0.05) is 5.69 Å². The largest absolute Gasteiger partial charge is 0.459 e. The highest BCUT2D eigenvalue weighted by Crippen LogP contribution is 2.18. The standard InChI is InChI=1S/C13H23N3O2/c1-8-9(2)16(7-15-8)10(3)11(14)12(17)18-13(4,5)6/h7,10-11H,14H2,1-6H3. The first kappa shape index (κ1) is 14.7. The van der Waals surface area contributed by atoms with Crippen molar-refractivity contribution in [1.29, 1.82) is 0 Å². The highest BCUT2D eigenvalue weighted by atomic mass is 16.6. The van der Waals surface area contributed by atoms with E-state index in [2.05, 4.69) is 4.98 Å². The molecule has 0 spiro atoms. The highest BCUT2D eigenvalue weighted by molar-refractivity contribution is 5.76. The molecule has 0 aromatic carbocycles. The van der Waals surface area contributed by atoms with Gasteiger partial charge >= 0.3 is 5.97 Å². The van der Waals surface area contributed by atoms with E-state index in [1.165, 1.54) is 0 Å². The van der Waals surface area contributed by atoms with Crippen LogP contribution in [0.3, 0.4) is 0 Å². The number of carbonyl (C=O) groups excluding carboxylic acids is 1. The molecule has 0 aliphatic carbocycles. The molecule has 1 heterocycles. The molecule has 2 unspecified atom stereocenters. The SMILES string of the molecule is Cc1ncn(C(C)C(N)C(=O)OC(C)(C)C)c1C. The second kappa shape index (κ2) is 5.10. The number of aromatic nitrogens is 2. The van der Waals surface area contributed by atoms with Gasteiger partial charge < -0.3 is 15.0 Å². The van der Waals surface area contributed by atoms with Gasteiger partial charge in [0.2, 0.25) is 0 Å². The van der Waals surface area contributed by atoms with Crippen molar-refractivity contribution < 1.29 is 9.53 Å². The summed E-state index contributed by atoms with van der Waals surface area (Å²) in [5.74, 6) is -0.388. The molecule has 0 saturated heterocycles. The average molecular weight is 253 g/mol. The van der Waals surface area contributed by atoms with Crippen molar-refractivity contribution in [2.24, 2.45) is 5.73 Å². The molecular weight excluding hydrogens is 230 g/mol. The lowest BCUT2D eigenvalue weighted by Crippen LogP contribution is -2.42. The van der Waals surface area contributed by atoms with Crippen LogP contribution in [0.2, 0.25) is 0 Å². The minimum Gasteiger partial charge on any atom is -0.459 e. The van der Waals surface area contributed by atoms with Crippen LogP contribution in [0.5, 0.6) is 0 Å². The van der Waals surface area contributed by atoms with Gasteiger partial charge in [0.15, 0.2) is 0 Å². The Labute approximate surface area is 108 Å². The van der Waals surface area contributed by atoms with Crippen molar-refractivity contribution in [2.45, 2.75) is 59.2 Å². The summed E-state index contributed by atoms with van der Waals surface area (Å²) in [6.45, 7) is 11.3. The Morgan fingerprint density at radius 2 is 2.00 bits per heavy atom. The van der Waals surface area contributed by atoms with Crippen LogP contribution >= 0.6 is 0 Å². The minimum atomic E-state index is -0.698. The fourth-order valence-electron chi connectivity index (χ4n) is 1.67. The molecule has 0 aliphatic rings. The maximum atomic E-state index is 11.9. The van der Waals surface area contributed by atoms with Crippen LogP contribution in [0.15, 0.2) is 6.33 Å². The van der Waals surface area contributed by atoms with E-state index in [0.717, 1.165) is 11.4 Å². The summed E-state index contributed by atoms with van der Waals surface area (Å²) in [5.41, 5.74) is 7.39. The molecule has 1 aromatic rings. The van der Waals surface area contributed by atoms with Gasteiger partial charge in [0.05, 0.1) is 18.1 Å². The van der Waals surface area contributed by atoms with E-state index in [1.54, 1.807) is 6.33 Å². The number of ether oxygens (including phenoxy) is 1. The normalized spacial score (nSPS) is 15.3. The predicted molar refractivity (Wildman–Crippen MR) is 70.2 cm³/mol. The molecule has 2 atom stereocenters. The molecule has 18 heavy (non-hydrogen) atoms. The molecular formula is C13H23N3O2. The maximum Gasteiger partial charge on any atom is 0.325 e. The summed E-state index contributed by atoms with van der Waals surface area (Å²) < 4.78 is 7.20. The van der Waals surface area contributed by atoms with E-state index < -0.39 is 11.6 Å². The first-order chi connectivity index (χ1) is 8.13. The summed E-state index contributed by atoms with van der Waals surface area (Å²) in [6.07, 6.45) is 1.71. The topological polar surface area (TPSA) is 70.1 Å².